The van der Waals surface area contributed by atoms with Crippen molar-refractivity contribution in [3.8, 4) is 5.75 Å². The molecular formula is C31H40N2O3S. The molecule has 4 bridgehead atoms. The minimum absolute atomic E-state index is 0.0661. The van der Waals surface area contributed by atoms with Crippen LogP contribution in [0.25, 0.3) is 0 Å². The summed E-state index contributed by atoms with van der Waals surface area (Å²) in [4.78, 5) is 33.7. The molecule has 4 saturated carbocycles. The van der Waals surface area contributed by atoms with Gasteiger partial charge in [0.05, 0.1) is 25.1 Å². The molecule has 1 aliphatic heterocycles. The van der Waals surface area contributed by atoms with Gasteiger partial charge in [-0.05, 0) is 103 Å². The van der Waals surface area contributed by atoms with E-state index in [0.717, 1.165) is 37.0 Å². The predicted molar refractivity (Wildman–Crippen MR) is 147 cm³/mol. The average molecular weight is 521 g/mol. The van der Waals surface area contributed by atoms with Gasteiger partial charge in [0.1, 0.15) is 5.75 Å². The van der Waals surface area contributed by atoms with Crippen LogP contribution in [0.15, 0.2) is 35.7 Å². The smallest absolute Gasteiger partial charge is 0.242 e. The summed E-state index contributed by atoms with van der Waals surface area (Å²) in [5, 5.41) is 2.14. The van der Waals surface area contributed by atoms with Crippen LogP contribution in [-0.2, 0) is 16.0 Å². The van der Waals surface area contributed by atoms with E-state index in [9.17, 15) is 9.59 Å². The van der Waals surface area contributed by atoms with Gasteiger partial charge in [0, 0.05) is 18.0 Å². The number of ether oxygens (including phenoxy) is 1. The minimum atomic E-state index is -0.221. The molecule has 1 unspecified atom stereocenters. The fourth-order valence-corrected chi connectivity index (χ4v) is 9.26. The first-order valence-corrected chi connectivity index (χ1v) is 15.0. The van der Waals surface area contributed by atoms with Crippen molar-refractivity contribution in [1.82, 2.24) is 9.80 Å². The molecule has 0 radical (unpaired) electrons. The van der Waals surface area contributed by atoms with Gasteiger partial charge in [-0.3, -0.25) is 9.59 Å². The van der Waals surface area contributed by atoms with Gasteiger partial charge in [-0.1, -0.05) is 26.0 Å². The molecule has 4 fully saturated rings. The molecule has 2 heterocycles. The molecule has 1 aromatic carbocycles. The van der Waals surface area contributed by atoms with E-state index in [1.807, 2.05) is 21.9 Å². The van der Waals surface area contributed by atoms with Gasteiger partial charge < -0.3 is 14.5 Å². The molecule has 6 heteroatoms. The standard InChI is InChI=1S/C31H40N2O3S/c1-20(2)18-32(30(35)31-15-21-12-22(16-31)14-23(13-21)17-31)19-28(34)33-10-8-27-26(9-11-37-27)29(33)24-4-6-25(36-3)7-5-24/h4-7,9,11,20-23,29H,8,10,12-19H2,1-3H3. The van der Waals surface area contributed by atoms with Crippen LogP contribution in [0.2, 0.25) is 0 Å². The minimum Gasteiger partial charge on any atom is -0.497 e. The Kier molecular flexibility index (Phi) is 6.58. The largest absolute Gasteiger partial charge is 0.497 e. The van der Waals surface area contributed by atoms with Crippen LogP contribution in [0.1, 0.15) is 74.4 Å². The van der Waals surface area contributed by atoms with Crippen LogP contribution < -0.4 is 4.74 Å². The summed E-state index contributed by atoms with van der Waals surface area (Å²) in [5.74, 6) is 3.61. The van der Waals surface area contributed by atoms with Crippen molar-refractivity contribution in [2.24, 2.45) is 29.1 Å². The number of amides is 2. The lowest BCUT2D eigenvalue weighted by atomic mass is 9.49. The van der Waals surface area contributed by atoms with E-state index in [1.54, 1.807) is 18.4 Å². The lowest BCUT2D eigenvalue weighted by Crippen LogP contribution is -2.57. The Morgan fingerprint density at radius 2 is 1.70 bits per heavy atom. The number of thiophene rings is 1. The van der Waals surface area contributed by atoms with Gasteiger partial charge in [-0.25, -0.2) is 0 Å². The van der Waals surface area contributed by atoms with Crippen molar-refractivity contribution in [3.63, 3.8) is 0 Å². The highest BCUT2D eigenvalue weighted by Gasteiger charge is 2.55. The van der Waals surface area contributed by atoms with E-state index in [1.165, 1.54) is 29.7 Å². The van der Waals surface area contributed by atoms with Crippen molar-refractivity contribution in [2.75, 3.05) is 26.7 Å². The maximum atomic E-state index is 14.3. The van der Waals surface area contributed by atoms with Crippen molar-refractivity contribution in [2.45, 2.75) is 64.8 Å². The second-order valence-electron chi connectivity index (χ2n) is 12.6. The first-order chi connectivity index (χ1) is 17.8. The lowest BCUT2D eigenvalue weighted by molar-refractivity contribution is -0.161. The predicted octanol–water partition coefficient (Wildman–Crippen LogP) is 5.93. The number of carbonyl (C=O) groups excluding carboxylic acids is 2. The van der Waals surface area contributed by atoms with Gasteiger partial charge in [-0.15, -0.1) is 11.3 Å². The summed E-state index contributed by atoms with van der Waals surface area (Å²) in [6.07, 6.45) is 7.94. The summed E-state index contributed by atoms with van der Waals surface area (Å²) in [6.45, 7) is 5.83. The van der Waals surface area contributed by atoms with Gasteiger partial charge in [-0.2, -0.15) is 0 Å². The van der Waals surface area contributed by atoms with Crippen molar-refractivity contribution < 1.29 is 14.3 Å². The summed E-state index contributed by atoms with van der Waals surface area (Å²) in [5.41, 5.74) is 2.09. The number of carbonyl (C=O) groups is 2. The maximum Gasteiger partial charge on any atom is 0.242 e. The zero-order chi connectivity index (χ0) is 25.7. The Labute approximate surface area is 225 Å². The highest BCUT2D eigenvalue weighted by Crippen LogP contribution is 2.60. The van der Waals surface area contributed by atoms with Gasteiger partial charge in [0.2, 0.25) is 11.8 Å². The van der Waals surface area contributed by atoms with E-state index >= 15 is 0 Å². The number of nitrogens with zero attached hydrogens (tertiary/aromatic N) is 2. The van der Waals surface area contributed by atoms with E-state index in [2.05, 4.69) is 37.4 Å². The van der Waals surface area contributed by atoms with E-state index in [0.29, 0.717) is 36.8 Å². The second kappa shape index (κ2) is 9.76. The first kappa shape index (κ1) is 25.0. The molecule has 2 aromatic rings. The zero-order valence-electron chi connectivity index (χ0n) is 22.4. The Hall–Kier alpha value is -2.34. The Morgan fingerprint density at radius 3 is 2.30 bits per heavy atom. The van der Waals surface area contributed by atoms with Crippen molar-refractivity contribution in [3.05, 3.63) is 51.7 Å². The number of hydrogen-bond acceptors (Lipinski definition) is 4. The normalized spacial score (nSPS) is 29.9. The molecule has 5 aliphatic rings. The highest BCUT2D eigenvalue weighted by atomic mass is 32.1. The second-order valence-corrected chi connectivity index (χ2v) is 13.6. The van der Waals surface area contributed by atoms with E-state index < -0.39 is 0 Å². The number of methoxy groups -OCH3 is 1. The molecule has 0 saturated heterocycles. The van der Waals surface area contributed by atoms with Crippen LogP contribution >= 0.6 is 11.3 Å². The maximum absolute atomic E-state index is 14.3. The number of hydrogen-bond donors (Lipinski definition) is 0. The molecule has 5 nitrogen and oxygen atoms in total. The van der Waals surface area contributed by atoms with E-state index in [4.69, 9.17) is 4.74 Å². The summed E-state index contributed by atoms with van der Waals surface area (Å²) < 4.78 is 5.38. The van der Waals surface area contributed by atoms with Crippen LogP contribution in [-0.4, -0.2) is 48.4 Å². The Balaban J connectivity index is 1.27. The topological polar surface area (TPSA) is 49.9 Å². The van der Waals surface area contributed by atoms with Crippen molar-refractivity contribution >= 4 is 23.2 Å². The number of benzene rings is 1. The third-order valence-electron chi connectivity index (χ3n) is 9.41. The lowest BCUT2D eigenvalue weighted by Gasteiger charge is -2.56. The quantitative estimate of drug-likeness (QED) is 0.455. The van der Waals surface area contributed by atoms with Crippen LogP contribution in [0.4, 0.5) is 0 Å². The van der Waals surface area contributed by atoms with Crippen LogP contribution in [0.5, 0.6) is 5.75 Å². The van der Waals surface area contributed by atoms with Gasteiger partial charge in [0.25, 0.3) is 0 Å². The SMILES string of the molecule is COc1ccc(C2c3ccsc3CCN2C(=O)CN(CC(C)C)C(=O)C23CC4CC(CC(C4)C2)C3)cc1. The fourth-order valence-electron chi connectivity index (χ4n) is 8.35. The monoisotopic (exact) mass is 520 g/mol. The third kappa shape index (κ3) is 4.60. The van der Waals surface area contributed by atoms with E-state index in [-0.39, 0.29) is 29.8 Å². The molecule has 4 aliphatic carbocycles. The third-order valence-corrected chi connectivity index (χ3v) is 10.4. The van der Waals surface area contributed by atoms with Crippen molar-refractivity contribution in [1.29, 1.82) is 0 Å². The molecule has 37 heavy (non-hydrogen) atoms. The summed E-state index contributed by atoms with van der Waals surface area (Å²) >= 11 is 1.78. The molecule has 2 amide bonds. The molecule has 0 N–H and O–H groups in total. The van der Waals surface area contributed by atoms with Gasteiger partial charge in [0.15, 0.2) is 0 Å². The molecule has 0 spiro atoms. The average Bonchev–Trinajstić information content (AvgIpc) is 3.35. The molecular weight excluding hydrogens is 480 g/mol. The molecule has 1 aromatic heterocycles. The molecule has 7 rings (SSSR count). The Morgan fingerprint density at radius 1 is 1.05 bits per heavy atom. The summed E-state index contributed by atoms with van der Waals surface area (Å²) in [7, 11) is 1.67. The molecule has 1 atom stereocenters. The highest BCUT2D eigenvalue weighted by molar-refractivity contribution is 7.10. The fraction of sp³-hybridized carbons (Fsp3) is 0.613. The van der Waals surface area contributed by atoms with Crippen LogP contribution in [0.3, 0.4) is 0 Å². The zero-order valence-corrected chi connectivity index (χ0v) is 23.3. The number of fused-ring (bicyclic) bond motifs is 1. The first-order valence-electron chi connectivity index (χ1n) is 14.1. The van der Waals surface area contributed by atoms with Crippen LogP contribution in [0, 0.1) is 29.1 Å². The van der Waals surface area contributed by atoms with Gasteiger partial charge >= 0.3 is 0 Å². The summed E-state index contributed by atoms with van der Waals surface area (Å²) in [6, 6.07) is 10.1. The Bertz CT molecular complexity index is 1120. The number of rotatable bonds is 7. The molecule has 198 valence electrons.